The van der Waals surface area contributed by atoms with E-state index in [-0.39, 0.29) is 0 Å². The summed E-state index contributed by atoms with van der Waals surface area (Å²) in [5.41, 5.74) is 5.87. The van der Waals surface area contributed by atoms with Crippen LogP contribution in [-0.4, -0.2) is 31.1 Å². The molecule has 26 heavy (non-hydrogen) atoms. The van der Waals surface area contributed by atoms with Crippen molar-refractivity contribution in [3.05, 3.63) is 53.8 Å². The minimum absolute atomic E-state index is 0.439. The summed E-state index contributed by atoms with van der Waals surface area (Å²) in [5.74, 6) is 0.754. The molecule has 6 heteroatoms. The number of hydrogen-bond acceptors (Lipinski definition) is 5. The van der Waals surface area contributed by atoms with Gasteiger partial charge >= 0.3 is 0 Å². The Morgan fingerprint density at radius 3 is 3.04 bits per heavy atom. The molecule has 0 unspecified atom stereocenters. The van der Waals surface area contributed by atoms with Gasteiger partial charge in [-0.3, -0.25) is 0 Å². The number of anilines is 1. The van der Waals surface area contributed by atoms with Gasteiger partial charge in [0.25, 0.3) is 0 Å². The second-order valence-corrected chi connectivity index (χ2v) is 7.71. The summed E-state index contributed by atoms with van der Waals surface area (Å²) >= 11 is 0. The van der Waals surface area contributed by atoms with Crippen molar-refractivity contribution >= 4 is 17.2 Å². The molecule has 1 saturated carbocycles. The molecule has 2 aliphatic carbocycles. The fraction of sp³-hybridized carbons (Fsp3) is 0.400. The topological polar surface area (TPSA) is 68.0 Å². The summed E-state index contributed by atoms with van der Waals surface area (Å²) in [6.45, 7) is 3.27. The Morgan fingerprint density at radius 2 is 2.15 bits per heavy atom. The molecule has 3 aromatic heterocycles. The molecule has 0 spiro atoms. The van der Waals surface area contributed by atoms with E-state index in [4.69, 9.17) is 4.98 Å². The van der Waals surface area contributed by atoms with E-state index in [0.29, 0.717) is 5.41 Å². The molecule has 0 atom stereocenters. The zero-order valence-corrected chi connectivity index (χ0v) is 14.9. The molecule has 1 N–H and O–H groups in total. The summed E-state index contributed by atoms with van der Waals surface area (Å²) < 4.78 is 1.81. The highest BCUT2D eigenvalue weighted by atomic mass is 15.3. The Morgan fingerprint density at radius 1 is 1.23 bits per heavy atom. The Kier molecular flexibility index (Phi) is 3.51. The van der Waals surface area contributed by atoms with Crippen molar-refractivity contribution in [1.29, 1.82) is 0 Å². The lowest BCUT2D eigenvalue weighted by molar-refractivity contribution is 0.607. The first-order valence-corrected chi connectivity index (χ1v) is 9.30. The first-order valence-electron chi connectivity index (χ1n) is 9.30. The fourth-order valence-corrected chi connectivity index (χ4v) is 3.48. The van der Waals surface area contributed by atoms with Gasteiger partial charge in [0.1, 0.15) is 6.33 Å². The number of hydrogen-bond donors (Lipinski definition) is 1. The molecule has 0 bridgehead atoms. The molecule has 0 radical (unpaired) electrons. The maximum atomic E-state index is 4.83. The maximum Gasteiger partial charge on any atom is 0.222 e. The Bertz CT molecular complexity index is 998. The van der Waals surface area contributed by atoms with E-state index in [0.717, 1.165) is 54.2 Å². The van der Waals surface area contributed by atoms with Crippen molar-refractivity contribution in [3.8, 4) is 0 Å². The van der Waals surface area contributed by atoms with Crippen LogP contribution < -0.4 is 5.32 Å². The van der Waals surface area contributed by atoms with E-state index in [9.17, 15) is 0 Å². The highest BCUT2D eigenvalue weighted by Crippen LogP contribution is 2.44. The summed E-state index contributed by atoms with van der Waals surface area (Å²) in [5, 5.41) is 7.69. The fourth-order valence-electron chi connectivity index (χ4n) is 3.48. The van der Waals surface area contributed by atoms with Crippen LogP contribution in [0.25, 0.3) is 11.2 Å². The summed E-state index contributed by atoms with van der Waals surface area (Å²) in [6, 6.07) is 4.10. The van der Waals surface area contributed by atoms with Gasteiger partial charge in [-0.15, -0.1) is 0 Å². The van der Waals surface area contributed by atoms with Crippen molar-refractivity contribution < 1.29 is 0 Å². The summed E-state index contributed by atoms with van der Waals surface area (Å²) in [7, 11) is 0. The van der Waals surface area contributed by atoms with Crippen molar-refractivity contribution in [1.82, 2.24) is 24.6 Å². The number of aromatic nitrogens is 5. The van der Waals surface area contributed by atoms with Gasteiger partial charge in [0.2, 0.25) is 5.95 Å². The van der Waals surface area contributed by atoms with Gasteiger partial charge in [-0.05, 0) is 55.2 Å². The third-order valence-electron chi connectivity index (χ3n) is 5.49. The van der Waals surface area contributed by atoms with Crippen LogP contribution in [0.15, 0.2) is 36.9 Å². The van der Waals surface area contributed by atoms with Crippen LogP contribution >= 0.6 is 0 Å². The number of aryl methyl sites for hydroxylation is 1. The smallest absolute Gasteiger partial charge is 0.222 e. The molecule has 1 fully saturated rings. The lowest BCUT2D eigenvalue weighted by atomic mass is 9.99. The van der Waals surface area contributed by atoms with E-state index < -0.39 is 0 Å². The average Bonchev–Trinajstić information content (AvgIpc) is 3.28. The van der Waals surface area contributed by atoms with Crippen molar-refractivity contribution in [2.75, 3.05) is 11.9 Å². The lowest BCUT2D eigenvalue weighted by Gasteiger charge is -2.14. The molecule has 132 valence electrons. The van der Waals surface area contributed by atoms with Crippen LogP contribution in [0.4, 0.5) is 5.95 Å². The van der Waals surface area contributed by atoms with Crippen LogP contribution in [0.5, 0.6) is 0 Å². The number of allylic oxidation sites excluding steroid dienone is 1. The quantitative estimate of drug-likeness (QED) is 0.783. The van der Waals surface area contributed by atoms with Gasteiger partial charge in [-0.25, -0.2) is 19.5 Å². The van der Waals surface area contributed by atoms with Gasteiger partial charge in [-0.2, -0.15) is 5.10 Å². The van der Waals surface area contributed by atoms with Gasteiger partial charge in [0.15, 0.2) is 5.65 Å². The van der Waals surface area contributed by atoms with Crippen LogP contribution in [0.3, 0.4) is 0 Å². The Balaban J connectivity index is 1.48. The highest BCUT2D eigenvalue weighted by Gasteiger charge is 2.37. The van der Waals surface area contributed by atoms with Crippen molar-refractivity contribution in [2.45, 2.75) is 39.0 Å². The summed E-state index contributed by atoms with van der Waals surface area (Å²) in [4.78, 5) is 13.7. The third kappa shape index (κ3) is 2.85. The minimum atomic E-state index is 0.439. The highest BCUT2D eigenvalue weighted by molar-refractivity contribution is 5.81. The van der Waals surface area contributed by atoms with E-state index >= 15 is 0 Å². The molecule has 3 heterocycles. The predicted octanol–water partition coefficient (Wildman–Crippen LogP) is 3.50. The molecular formula is C20H22N6. The van der Waals surface area contributed by atoms with Gasteiger partial charge in [-0.1, -0.05) is 13.0 Å². The van der Waals surface area contributed by atoms with Crippen LogP contribution in [0.1, 0.15) is 49.4 Å². The second kappa shape index (κ2) is 5.90. The van der Waals surface area contributed by atoms with Crippen molar-refractivity contribution in [2.24, 2.45) is 5.41 Å². The molecular weight excluding hydrogens is 324 g/mol. The third-order valence-corrected chi connectivity index (χ3v) is 5.49. The number of fused-ring (bicyclic) bond motifs is 2. The van der Waals surface area contributed by atoms with Gasteiger partial charge in [0, 0.05) is 30.1 Å². The number of pyridine rings is 1. The SMILES string of the molecule is CC1(CNc2ncc3c(n2)CCCC=C3c2ccc3ncnn3c2)CC1. The minimum Gasteiger partial charge on any atom is -0.354 e. The van der Waals surface area contributed by atoms with Gasteiger partial charge < -0.3 is 5.32 Å². The lowest BCUT2D eigenvalue weighted by Crippen LogP contribution is -2.14. The molecule has 2 aliphatic rings. The number of nitrogens with one attached hydrogen (secondary N) is 1. The first kappa shape index (κ1) is 15.5. The predicted molar refractivity (Wildman–Crippen MR) is 101 cm³/mol. The van der Waals surface area contributed by atoms with E-state index in [1.807, 2.05) is 23.0 Å². The zero-order valence-electron chi connectivity index (χ0n) is 14.9. The molecule has 6 nitrogen and oxygen atoms in total. The first-order chi connectivity index (χ1) is 12.7. The molecule has 3 aromatic rings. The Hall–Kier alpha value is -2.76. The van der Waals surface area contributed by atoms with Crippen molar-refractivity contribution in [3.63, 3.8) is 0 Å². The van der Waals surface area contributed by atoms with Crippen LogP contribution in [-0.2, 0) is 6.42 Å². The van der Waals surface area contributed by atoms with E-state index in [1.165, 1.54) is 18.4 Å². The molecule has 0 aliphatic heterocycles. The molecule has 0 amide bonds. The maximum absolute atomic E-state index is 4.83. The van der Waals surface area contributed by atoms with Gasteiger partial charge in [0.05, 0.1) is 5.69 Å². The largest absolute Gasteiger partial charge is 0.354 e. The summed E-state index contributed by atoms with van der Waals surface area (Å²) in [6.07, 6.45) is 13.6. The average molecular weight is 346 g/mol. The van der Waals surface area contributed by atoms with E-state index in [1.54, 1.807) is 6.33 Å². The molecule has 5 rings (SSSR count). The number of nitrogens with zero attached hydrogens (tertiary/aromatic N) is 5. The normalized spacial score (nSPS) is 18.1. The molecule has 0 saturated heterocycles. The van der Waals surface area contributed by atoms with E-state index in [2.05, 4.69) is 39.4 Å². The Labute approximate surface area is 152 Å². The second-order valence-electron chi connectivity index (χ2n) is 7.71. The monoisotopic (exact) mass is 346 g/mol. The van der Waals surface area contributed by atoms with Crippen LogP contribution in [0, 0.1) is 5.41 Å². The number of rotatable bonds is 4. The zero-order chi connectivity index (χ0) is 17.6. The van der Waals surface area contributed by atoms with Crippen LogP contribution in [0.2, 0.25) is 0 Å². The standard InChI is InChI=1S/C20H22N6/c1-20(8-9-20)12-22-19-21-10-16-15(4-2-3-5-17(16)25-19)14-6-7-18-23-13-24-26(18)11-14/h4,6-7,10-11,13H,2-3,5,8-9,12H2,1H3,(H,21,22,25). The molecule has 0 aromatic carbocycles.